The van der Waals surface area contributed by atoms with E-state index in [1.165, 1.54) is 34.6 Å². The molecule has 51 heteroatoms. The Labute approximate surface area is 690 Å². The van der Waals surface area contributed by atoms with Gasteiger partial charge in [0.2, 0.25) is 100 Å². The molecule has 0 heterocycles. The number of unbranched alkanes of at least 4 members (excludes halogenated alkanes) is 1. The maximum Gasteiger partial charge on any atom is 0.326 e. The molecule has 0 saturated heterocycles. The summed E-state index contributed by atoms with van der Waals surface area (Å²) in [5.74, 6) is -25.2. The number of hydrogen-bond acceptors (Lipinski definition) is 27. The van der Waals surface area contributed by atoms with Crippen LogP contribution >= 0.6 is 0 Å². The van der Waals surface area contributed by atoms with Gasteiger partial charge in [0.1, 0.15) is 90.6 Å². The van der Waals surface area contributed by atoms with Crippen LogP contribution in [0.5, 0.6) is 0 Å². The van der Waals surface area contributed by atoms with E-state index in [0.717, 1.165) is 20.8 Å². The van der Waals surface area contributed by atoms with Crippen LogP contribution in [0, 0.1) is 17.8 Å². The zero-order chi connectivity index (χ0) is 92.0. The molecule has 0 aliphatic rings. The number of rotatable bonds is 58. The highest BCUT2D eigenvalue weighted by Crippen LogP contribution is 2.14. The number of carboxylic acid groups (broad SMARTS) is 3. The van der Waals surface area contributed by atoms with Crippen molar-refractivity contribution >= 4 is 130 Å². The van der Waals surface area contributed by atoms with Crippen molar-refractivity contribution in [2.45, 2.75) is 224 Å². The summed E-state index contributed by atoms with van der Waals surface area (Å²) in [5.41, 5.74) is 32.2. The van der Waals surface area contributed by atoms with Crippen molar-refractivity contribution in [3.05, 3.63) is 0 Å². The van der Waals surface area contributed by atoms with E-state index in [4.69, 9.17) is 34.4 Å². The Hall–Kier alpha value is -12.3. The van der Waals surface area contributed by atoms with Gasteiger partial charge in [0, 0.05) is 13.1 Å². The number of nitrogens with two attached hydrogens (primary N) is 6. The van der Waals surface area contributed by atoms with Crippen molar-refractivity contribution in [3.8, 4) is 0 Å². The van der Waals surface area contributed by atoms with Crippen LogP contribution in [0.25, 0.3) is 0 Å². The van der Waals surface area contributed by atoms with E-state index in [-0.39, 0.29) is 76.5 Å². The van der Waals surface area contributed by atoms with Crippen LogP contribution in [0.3, 0.4) is 0 Å². The third-order valence-electron chi connectivity index (χ3n) is 17.6. The highest BCUT2D eigenvalue weighted by molar-refractivity contribution is 6.01. The first kappa shape index (κ1) is 108. The minimum atomic E-state index is -1.91. The highest BCUT2D eigenvalue weighted by Gasteiger charge is 2.39. The van der Waals surface area contributed by atoms with E-state index in [2.05, 4.69) is 95.1 Å². The predicted molar refractivity (Wildman–Crippen MR) is 422 cm³/mol. The molecular weight excluding hydrogens is 1590 g/mol. The average molecular weight is 1720 g/mol. The van der Waals surface area contributed by atoms with Crippen molar-refractivity contribution in [3.63, 3.8) is 0 Å². The molecule has 0 saturated carbocycles. The lowest BCUT2D eigenvalue weighted by Crippen LogP contribution is -2.62. The predicted octanol–water partition coefficient (Wildman–Crippen LogP) is -13.9. The molecule has 0 fully saturated rings. The molecule has 0 aromatic heterocycles. The van der Waals surface area contributed by atoms with E-state index in [0.29, 0.717) is 6.42 Å². The lowest BCUT2D eigenvalue weighted by atomic mass is 9.96. The Morgan fingerprint density at radius 2 is 0.617 bits per heavy atom. The van der Waals surface area contributed by atoms with Crippen molar-refractivity contribution in [1.29, 1.82) is 0 Å². The van der Waals surface area contributed by atoms with Gasteiger partial charge in [-0.15, -0.1) is 0 Å². The molecule has 0 aliphatic heterocycles. The topological polar surface area (TPSA) is 848 Å². The van der Waals surface area contributed by atoms with Crippen LogP contribution in [-0.4, -0.2) is 311 Å². The van der Waals surface area contributed by atoms with E-state index >= 15 is 0 Å². The molecule has 0 aliphatic carbocycles. The van der Waals surface area contributed by atoms with Crippen LogP contribution in [-0.2, 0) is 95.9 Å². The summed E-state index contributed by atoms with van der Waals surface area (Å²) < 4.78 is 0. The molecule has 678 valence electrons. The summed E-state index contributed by atoms with van der Waals surface area (Å²) in [7, 11) is 0. The summed E-state index contributed by atoms with van der Waals surface area (Å²) in [6.07, 6.45) is -1.35. The number of aliphatic hydroxyl groups is 3. The van der Waals surface area contributed by atoms with Crippen LogP contribution in [0.2, 0.25) is 0 Å². The molecule has 17 amide bonds. The molecular formula is C69H121N25O26. The molecule has 51 nitrogen and oxygen atoms in total. The number of aliphatic imine (C=N–C) groups is 2. The molecule has 0 rings (SSSR count). The van der Waals surface area contributed by atoms with Gasteiger partial charge in [-0.1, -0.05) is 48.0 Å². The monoisotopic (exact) mass is 1720 g/mol. The summed E-state index contributed by atoms with van der Waals surface area (Å²) in [6, 6.07) is -23.9. The second-order valence-corrected chi connectivity index (χ2v) is 28.3. The normalized spacial score (nSPS) is 14.9. The maximum atomic E-state index is 14.3. The second-order valence-electron chi connectivity index (χ2n) is 28.3. The fourth-order valence-corrected chi connectivity index (χ4v) is 10.5. The fourth-order valence-electron chi connectivity index (χ4n) is 10.5. The summed E-state index contributed by atoms with van der Waals surface area (Å²) in [5, 5.41) is 97.8. The number of nitrogens with one attached hydrogen (secondary N) is 17. The zero-order valence-electron chi connectivity index (χ0n) is 68.5. The van der Waals surface area contributed by atoms with Gasteiger partial charge in [-0.05, 0) is 96.9 Å². The molecule has 0 spiro atoms. The molecule has 0 aromatic carbocycles. The van der Waals surface area contributed by atoms with E-state index < -0.39 is 279 Å². The zero-order valence-corrected chi connectivity index (χ0v) is 68.5. The van der Waals surface area contributed by atoms with Gasteiger partial charge >= 0.3 is 17.9 Å². The quantitative estimate of drug-likeness (QED) is 0.0153. The van der Waals surface area contributed by atoms with Crippen molar-refractivity contribution < 1.29 is 127 Å². The first-order valence-corrected chi connectivity index (χ1v) is 38.2. The van der Waals surface area contributed by atoms with Crippen molar-refractivity contribution in [2.75, 3.05) is 59.1 Å². The van der Waals surface area contributed by atoms with E-state index in [1.54, 1.807) is 13.8 Å². The Morgan fingerprint density at radius 3 is 1.06 bits per heavy atom. The largest absolute Gasteiger partial charge is 0.481 e. The molecule has 0 bridgehead atoms. The SMILES string of the molecule is CC[C@H](C)[C@H](NC(=O)[C@H](CO)NC(=O)[C@H](C)NC(=O)[C@H](C)NC(=O)CNC(=O)[C@H](CO)NC(=O)[C@H](CC(=O)O)NC(=O)CNC(=O)[C@H](CCCN=C(N)N)NC(=O)CN)C(=O)N[C@@H](CCCCN)C(=O)N[C@H](C(=O)N[C@@H](C)C(=O)N[C@H](C(=O)N[C@@H](CO)C(=O)N[C@@H](C)C(=O)N[C@@H](CC(=O)O)C(=O)N[C@@H](CCCN=C(N)N)C(=O)O)C(C)C)C(C)C. The Balaban J connectivity index is 6.06. The lowest BCUT2D eigenvalue weighted by molar-refractivity contribution is -0.144. The molecule has 16 atom stereocenters. The molecule has 120 heavy (non-hydrogen) atoms. The van der Waals surface area contributed by atoms with Crippen molar-refractivity contribution in [1.82, 2.24) is 90.4 Å². The van der Waals surface area contributed by atoms with Crippen LogP contribution < -0.4 is 125 Å². The smallest absolute Gasteiger partial charge is 0.326 e. The first-order chi connectivity index (χ1) is 56.1. The average Bonchev–Trinajstić information content (AvgIpc) is 0.850. The third-order valence-corrected chi connectivity index (χ3v) is 17.6. The number of nitrogens with zero attached hydrogens (tertiary/aromatic N) is 2. The first-order valence-electron chi connectivity index (χ1n) is 38.2. The highest BCUT2D eigenvalue weighted by atomic mass is 16.4. The molecule has 0 unspecified atom stereocenters. The number of amides is 17. The number of carbonyl (C=O) groups is 20. The van der Waals surface area contributed by atoms with Gasteiger partial charge in [0.05, 0.1) is 52.3 Å². The van der Waals surface area contributed by atoms with Crippen molar-refractivity contribution in [2.24, 2.45) is 62.1 Å². The van der Waals surface area contributed by atoms with Gasteiger partial charge in [-0.3, -0.25) is 101 Å². The Bertz CT molecular complexity index is 3600. The lowest BCUT2D eigenvalue weighted by Gasteiger charge is -2.30. The minimum Gasteiger partial charge on any atom is -0.481 e. The van der Waals surface area contributed by atoms with Crippen LogP contribution in [0.15, 0.2) is 9.98 Å². The third kappa shape index (κ3) is 41.7. The molecule has 35 N–H and O–H groups in total. The summed E-state index contributed by atoms with van der Waals surface area (Å²) >= 11 is 0. The molecule has 0 aromatic rings. The Kier molecular flexibility index (Phi) is 50.4. The van der Waals surface area contributed by atoms with E-state index in [1.807, 2.05) is 5.32 Å². The number of hydrogen-bond donors (Lipinski definition) is 29. The number of guanidine groups is 2. The van der Waals surface area contributed by atoms with Gasteiger partial charge < -0.3 is 155 Å². The second kappa shape index (κ2) is 56.2. The van der Waals surface area contributed by atoms with Gasteiger partial charge in [-0.25, -0.2) is 4.79 Å². The van der Waals surface area contributed by atoms with Gasteiger partial charge in [0.25, 0.3) is 0 Å². The fraction of sp³-hybridized carbons (Fsp3) is 0.681. The van der Waals surface area contributed by atoms with Crippen LogP contribution in [0.4, 0.5) is 0 Å². The molecule has 0 radical (unpaired) electrons. The van der Waals surface area contributed by atoms with Crippen LogP contribution in [0.1, 0.15) is 133 Å². The summed E-state index contributed by atoms with van der Waals surface area (Å²) in [4.78, 5) is 270. The number of aliphatic hydroxyl groups excluding tert-OH is 3. The minimum absolute atomic E-state index is 0.00917. The van der Waals surface area contributed by atoms with Gasteiger partial charge in [-0.2, -0.15) is 0 Å². The number of aliphatic carboxylic acids is 3. The Morgan fingerprint density at radius 1 is 0.317 bits per heavy atom. The number of carbonyl (C=O) groups excluding carboxylic acids is 17. The van der Waals surface area contributed by atoms with E-state index in [9.17, 15) is 127 Å². The summed E-state index contributed by atoms with van der Waals surface area (Å²) in [6.45, 7) is 8.58. The number of carboxylic acids is 3. The van der Waals surface area contributed by atoms with Gasteiger partial charge in [0.15, 0.2) is 11.9 Å². The standard InChI is InChI=1S/C69H121N25O26/c1-11-32(6)52(94-63(115)44(29-97)89-55(107)34(8)81-53(105)33(7)80-46(99)25-79-58(110)42(27-95)90-60(112)40(22-48(101)102)85-47(100)26-78-57(109)37(84-45(98)24-71)17-14-20-76-68(72)73)66(118)86-38(16-12-13-19-70)59(111)93-50(30(2)3)64(116)83-36(10)56(108)92-51(31(4)5)65(117)91-43(28-96)62(114)82-35(9)54(106)88-41(23-49(103)104)61(113)87-39(67(119)120)18-15-21-77-69(74)75/h30-44,50-52,95-97H,11-29,70-71H2,1-10H3,(H,78,109)(H,79,110)(H,80,99)(H,81,105)(H,82,114)(H,83,116)(H,84,98)(H,85,100)(H,86,118)(H,87,113)(H,88,106)(H,89,107)(H,90,112)(H,91,117)(H,92,108)(H,93,111)(H,94,115)(H,101,102)(H,103,104)(H,119,120)(H4,72,73,76)(H4,74,75,77)/t32-,33-,34-,35-,36-,37-,38-,39-,40-,41-,42-,43-,44-,50-,51-,52-/m0/s1. The maximum absolute atomic E-state index is 14.3.